The van der Waals surface area contributed by atoms with Gasteiger partial charge in [0.05, 0.1) is 0 Å². The first-order valence-electron chi connectivity index (χ1n) is 7.96. The van der Waals surface area contributed by atoms with Crippen LogP contribution in [0.25, 0.3) is 0 Å². The summed E-state index contributed by atoms with van der Waals surface area (Å²) in [5, 5.41) is 0. The summed E-state index contributed by atoms with van der Waals surface area (Å²) in [5.41, 5.74) is 6.82. The van der Waals surface area contributed by atoms with Crippen LogP contribution in [0.4, 0.5) is 0 Å². The zero-order valence-electron chi connectivity index (χ0n) is 13.8. The van der Waals surface area contributed by atoms with Gasteiger partial charge in [0.25, 0.3) is 5.91 Å². The topological polar surface area (TPSA) is 75.3 Å². The number of amides is 2. The van der Waals surface area contributed by atoms with Crippen LogP contribution in [0.3, 0.4) is 0 Å². The van der Waals surface area contributed by atoms with Crippen molar-refractivity contribution < 1.29 is 14.4 Å². The van der Waals surface area contributed by atoms with Crippen LogP contribution in [-0.4, -0.2) is 17.6 Å². The number of ketones is 1. The second-order valence-corrected chi connectivity index (χ2v) is 6.40. The van der Waals surface area contributed by atoms with Gasteiger partial charge in [0, 0.05) is 28.4 Å². The molecule has 0 saturated heterocycles. The smallest absolute Gasteiger partial charge is 0.269 e. The van der Waals surface area contributed by atoms with Crippen LogP contribution in [0.1, 0.15) is 46.0 Å². The van der Waals surface area contributed by atoms with Crippen LogP contribution in [0, 0.1) is 0 Å². The molecule has 0 aliphatic carbocycles. The van der Waals surface area contributed by atoms with Gasteiger partial charge in [0.2, 0.25) is 5.91 Å². The number of hydrogen-bond donors (Lipinski definition) is 2. The lowest BCUT2D eigenvalue weighted by atomic mass is 10.0. The minimum absolute atomic E-state index is 0.00891. The van der Waals surface area contributed by atoms with E-state index in [2.05, 4.69) is 26.8 Å². The molecule has 0 unspecified atom stereocenters. The first-order valence-corrected chi connectivity index (χ1v) is 8.75. The molecule has 0 aliphatic heterocycles. The lowest BCUT2D eigenvalue weighted by Crippen LogP contribution is -2.41. The summed E-state index contributed by atoms with van der Waals surface area (Å²) in [6.07, 6.45) is 1.01. The molecule has 6 heteroatoms. The Hall–Kier alpha value is -2.47. The van der Waals surface area contributed by atoms with E-state index in [-0.39, 0.29) is 18.6 Å². The van der Waals surface area contributed by atoms with Gasteiger partial charge >= 0.3 is 0 Å². The third-order valence-electron chi connectivity index (χ3n) is 3.69. The molecule has 0 radical (unpaired) electrons. The van der Waals surface area contributed by atoms with E-state index in [9.17, 15) is 14.4 Å². The average Bonchev–Trinajstić information content (AvgIpc) is 2.64. The van der Waals surface area contributed by atoms with Crippen molar-refractivity contribution in [3.63, 3.8) is 0 Å². The number of rotatable bonds is 6. The van der Waals surface area contributed by atoms with Crippen molar-refractivity contribution in [1.29, 1.82) is 0 Å². The maximum atomic E-state index is 12.1. The first kappa shape index (κ1) is 18.9. The number of halogens is 1. The molecule has 0 bridgehead atoms. The van der Waals surface area contributed by atoms with Crippen LogP contribution in [0.5, 0.6) is 0 Å². The van der Waals surface area contributed by atoms with Gasteiger partial charge in [-0.15, -0.1) is 0 Å². The number of carbonyl (C=O) groups excluding carboxylic acids is 3. The van der Waals surface area contributed by atoms with E-state index in [1.54, 1.807) is 36.4 Å². The van der Waals surface area contributed by atoms with Crippen molar-refractivity contribution in [2.75, 3.05) is 0 Å². The van der Waals surface area contributed by atoms with Crippen LogP contribution in [0.2, 0.25) is 0 Å². The molecule has 2 aromatic carbocycles. The molecule has 25 heavy (non-hydrogen) atoms. The average molecular weight is 403 g/mol. The third-order valence-corrected chi connectivity index (χ3v) is 4.21. The fraction of sp³-hybridized carbons (Fsp3) is 0.211. The minimum atomic E-state index is -0.415. The van der Waals surface area contributed by atoms with Crippen LogP contribution in [0.15, 0.2) is 53.0 Å². The Bertz CT molecular complexity index is 755. The molecular formula is C19H19BrN2O3. The first-order chi connectivity index (χ1) is 12.0. The Labute approximate surface area is 154 Å². The van der Waals surface area contributed by atoms with Crippen molar-refractivity contribution in [2.24, 2.45) is 0 Å². The second kappa shape index (κ2) is 9.13. The summed E-state index contributed by atoms with van der Waals surface area (Å²) in [4.78, 5) is 35.7. The van der Waals surface area contributed by atoms with Gasteiger partial charge in [-0.05, 0) is 36.2 Å². The summed E-state index contributed by atoms with van der Waals surface area (Å²) in [7, 11) is 0. The SMILES string of the molecule is CCc1ccc(C(=O)CCC(=O)NNC(=O)c2ccc(Br)cc2)cc1. The molecule has 2 N–H and O–H groups in total. The van der Waals surface area contributed by atoms with Gasteiger partial charge in [0.1, 0.15) is 0 Å². The highest BCUT2D eigenvalue weighted by Crippen LogP contribution is 2.10. The zero-order chi connectivity index (χ0) is 18.2. The van der Waals surface area contributed by atoms with Crippen molar-refractivity contribution in [1.82, 2.24) is 10.9 Å². The van der Waals surface area contributed by atoms with Crippen molar-refractivity contribution in [3.8, 4) is 0 Å². The van der Waals surface area contributed by atoms with Crippen molar-refractivity contribution in [3.05, 3.63) is 69.7 Å². The van der Waals surface area contributed by atoms with Gasteiger partial charge in [-0.3, -0.25) is 25.2 Å². The number of hydrazine groups is 1. The predicted octanol–water partition coefficient (Wildman–Crippen LogP) is 3.44. The van der Waals surface area contributed by atoms with Gasteiger partial charge in [-0.2, -0.15) is 0 Å². The second-order valence-electron chi connectivity index (χ2n) is 5.48. The monoisotopic (exact) mass is 402 g/mol. The molecule has 2 aromatic rings. The van der Waals surface area contributed by atoms with E-state index in [4.69, 9.17) is 0 Å². The highest BCUT2D eigenvalue weighted by atomic mass is 79.9. The van der Waals surface area contributed by atoms with E-state index >= 15 is 0 Å². The number of aryl methyl sites for hydroxylation is 1. The Balaban J connectivity index is 1.77. The third kappa shape index (κ3) is 5.83. The van der Waals surface area contributed by atoms with Gasteiger partial charge in [-0.25, -0.2) is 0 Å². The molecule has 2 rings (SSSR count). The van der Waals surface area contributed by atoms with E-state index in [0.717, 1.165) is 16.5 Å². The van der Waals surface area contributed by atoms with Crippen molar-refractivity contribution in [2.45, 2.75) is 26.2 Å². The van der Waals surface area contributed by atoms with E-state index in [1.807, 2.05) is 19.1 Å². The highest BCUT2D eigenvalue weighted by Gasteiger charge is 2.11. The predicted molar refractivity (Wildman–Crippen MR) is 99.1 cm³/mol. The lowest BCUT2D eigenvalue weighted by Gasteiger charge is -2.07. The van der Waals surface area contributed by atoms with E-state index < -0.39 is 11.8 Å². The maximum absolute atomic E-state index is 12.1. The van der Waals surface area contributed by atoms with Crippen LogP contribution < -0.4 is 10.9 Å². The van der Waals surface area contributed by atoms with E-state index in [1.165, 1.54) is 0 Å². The largest absolute Gasteiger partial charge is 0.294 e. The zero-order valence-corrected chi connectivity index (χ0v) is 15.4. The Morgan fingerprint density at radius 2 is 1.44 bits per heavy atom. The standard InChI is InChI=1S/C19H19BrN2O3/c1-2-13-3-5-14(6-4-13)17(23)11-12-18(24)21-22-19(25)15-7-9-16(20)10-8-15/h3-10H,2,11-12H2,1H3,(H,21,24)(H,22,25). The molecule has 2 amide bonds. The van der Waals surface area contributed by atoms with Crippen molar-refractivity contribution >= 4 is 33.5 Å². The summed E-state index contributed by atoms with van der Waals surface area (Å²) in [6.45, 7) is 2.05. The number of benzene rings is 2. The normalized spacial score (nSPS) is 10.2. The fourth-order valence-electron chi connectivity index (χ4n) is 2.16. The molecule has 130 valence electrons. The molecule has 0 saturated carbocycles. The van der Waals surface area contributed by atoms with Crippen LogP contribution >= 0.6 is 15.9 Å². The maximum Gasteiger partial charge on any atom is 0.269 e. The Morgan fingerprint density at radius 1 is 0.840 bits per heavy atom. The molecule has 0 fully saturated rings. The van der Waals surface area contributed by atoms with Gasteiger partial charge < -0.3 is 0 Å². The number of nitrogens with one attached hydrogen (secondary N) is 2. The molecule has 0 atom stereocenters. The number of hydrogen-bond acceptors (Lipinski definition) is 3. The van der Waals surface area contributed by atoms with Crippen LogP contribution in [-0.2, 0) is 11.2 Å². The van der Waals surface area contributed by atoms with Gasteiger partial charge in [-0.1, -0.05) is 47.1 Å². The quantitative estimate of drug-likeness (QED) is 0.573. The molecular weight excluding hydrogens is 384 g/mol. The lowest BCUT2D eigenvalue weighted by molar-refractivity contribution is -0.121. The molecule has 0 aliphatic rings. The summed E-state index contributed by atoms with van der Waals surface area (Å²) < 4.78 is 0.860. The molecule has 0 aromatic heterocycles. The Morgan fingerprint density at radius 3 is 2.04 bits per heavy atom. The highest BCUT2D eigenvalue weighted by molar-refractivity contribution is 9.10. The minimum Gasteiger partial charge on any atom is -0.294 e. The summed E-state index contributed by atoms with van der Waals surface area (Å²) >= 11 is 3.28. The number of Topliss-reactive ketones (excluding diaryl/α,β-unsaturated/α-hetero) is 1. The van der Waals surface area contributed by atoms with E-state index in [0.29, 0.717) is 11.1 Å². The fourth-order valence-corrected chi connectivity index (χ4v) is 2.42. The summed E-state index contributed by atoms with van der Waals surface area (Å²) in [6, 6.07) is 14.1. The summed E-state index contributed by atoms with van der Waals surface area (Å²) in [5.74, 6) is -0.927. The molecule has 0 spiro atoms. The molecule has 5 nitrogen and oxygen atoms in total. The van der Waals surface area contributed by atoms with Gasteiger partial charge in [0.15, 0.2) is 5.78 Å². The molecule has 0 heterocycles. The number of carbonyl (C=O) groups is 3. The Kier molecular flexibility index (Phi) is 6.89.